The molecule has 0 bridgehead atoms. The van der Waals surface area contributed by atoms with Gasteiger partial charge in [0.1, 0.15) is 0 Å². The molecular weight excluding hydrogens is 312 g/mol. The molecule has 1 aliphatic heterocycles. The minimum absolute atomic E-state index is 0.166. The normalized spacial score (nSPS) is 21.3. The van der Waals surface area contributed by atoms with Crippen LogP contribution in [0.1, 0.15) is 39.5 Å². The average Bonchev–Trinajstić information content (AvgIpc) is 2.62. The van der Waals surface area contributed by atoms with Crippen LogP contribution in [-0.4, -0.2) is 53.9 Å². The molecule has 0 spiro atoms. The topological polar surface area (TPSA) is 49.3 Å². The van der Waals surface area contributed by atoms with Crippen LogP contribution in [0.15, 0.2) is 30.5 Å². The molecule has 0 radical (unpaired) electrons. The zero-order valence-corrected chi connectivity index (χ0v) is 14.9. The van der Waals surface area contributed by atoms with Gasteiger partial charge < -0.3 is 9.80 Å². The SMILES string of the molecule is Cc1ccccc1[C@@H]1CC(=O)c2cnc(N3CCN(C)CC3)nc2C1. The molecule has 2 aromatic rings. The molecule has 1 fully saturated rings. The van der Waals surface area contributed by atoms with E-state index < -0.39 is 0 Å². The highest BCUT2D eigenvalue weighted by molar-refractivity contribution is 5.98. The maximum absolute atomic E-state index is 12.6. The molecule has 25 heavy (non-hydrogen) atoms. The van der Waals surface area contributed by atoms with E-state index in [1.54, 1.807) is 6.20 Å². The van der Waals surface area contributed by atoms with Gasteiger partial charge in [0.2, 0.25) is 5.95 Å². The second-order valence-electron chi connectivity index (χ2n) is 7.21. The maximum atomic E-state index is 12.6. The number of ketones is 1. The maximum Gasteiger partial charge on any atom is 0.225 e. The number of anilines is 1. The molecule has 2 heterocycles. The minimum atomic E-state index is 0.166. The zero-order valence-electron chi connectivity index (χ0n) is 14.9. The molecule has 1 aromatic carbocycles. The number of nitrogens with zero attached hydrogens (tertiary/aromatic N) is 4. The van der Waals surface area contributed by atoms with Crippen LogP contribution in [0.4, 0.5) is 5.95 Å². The first kappa shape index (κ1) is 16.2. The molecule has 2 aliphatic rings. The molecule has 1 aromatic heterocycles. The highest BCUT2D eigenvalue weighted by atomic mass is 16.1. The monoisotopic (exact) mass is 336 g/mol. The third-order valence-electron chi connectivity index (χ3n) is 5.44. The van der Waals surface area contributed by atoms with E-state index in [-0.39, 0.29) is 11.7 Å². The van der Waals surface area contributed by atoms with Crippen LogP contribution >= 0.6 is 0 Å². The second-order valence-corrected chi connectivity index (χ2v) is 7.21. The Hall–Kier alpha value is -2.27. The molecule has 1 atom stereocenters. The van der Waals surface area contributed by atoms with Gasteiger partial charge in [-0.3, -0.25) is 4.79 Å². The summed E-state index contributed by atoms with van der Waals surface area (Å²) < 4.78 is 0. The lowest BCUT2D eigenvalue weighted by atomic mass is 9.81. The summed E-state index contributed by atoms with van der Waals surface area (Å²) in [7, 11) is 2.14. The van der Waals surface area contributed by atoms with E-state index in [1.807, 2.05) is 6.07 Å². The van der Waals surface area contributed by atoms with Crippen LogP contribution in [-0.2, 0) is 6.42 Å². The minimum Gasteiger partial charge on any atom is -0.338 e. The predicted octanol–water partition coefficient (Wildman–Crippen LogP) is 2.45. The molecule has 0 unspecified atom stereocenters. The van der Waals surface area contributed by atoms with Crippen molar-refractivity contribution in [1.82, 2.24) is 14.9 Å². The third kappa shape index (κ3) is 3.16. The summed E-state index contributed by atoms with van der Waals surface area (Å²) in [6.45, 7) is 6.02. The molecule has 0 amide bonds. The van der Waals surface area contributed by atoms with E-state index in [4.69, 9.17) is 4.98 Å². The first-order chi connectivity index (χ1) is 12.1. The molecule has 0 N–H and O–H groups in total. The summed E-state index contributed by atoms with van der Waals surface area (Å²) in [6.07, 6.45) is 3.11. The number of fused-ring (bicyclic) bond motifs is 1. The summed E-state index contributed by atoms with van der Waals surface area (Å²) in [4.78, 5) is 26.4. The van der Waals surface area contributed by atoms with Crippen LogP contribution in [0, 0.1) is 6.92 Å². The summed E-state index contributed by atoms with van der Waals surface area (Å²) in [5, 5.41) is 0. The number of likely N-dealkylation sites (N-methyl/N-ethyl adjacent to an activating group) is 1. The first-order valence-electron chi connectivity index (χ1n) is 9.00. The first-order valence-corrected chi connectivity index (χ1v) is 9.00. The third-order valence-corrected chi connectivity index (χ3v) is 5.44. The van der Waals surface area contributed by atoms with Crippen molar-refractivity contribution in [3.63, 3.8) is 0 Å². The number of aryl methyl sites for hydroxylation is 1. The van der Waals surface area contributed by atoms with E-state index in [9.17, 15) is 4.79 Å². The molecule has 130 valence electrons. The van der Waals surface area contributed by atoms with Crippen molar-refractivity contribution < 1.29 is 4.79 Å². The second kappa shape index (κ2) is 6.56. The summed E-state index contributed by atoms with van der Waals surface area (Å²) in [5.41, 5.74) is 4.13. The number of Topliss-reactive ketones (excluding diaryl/α,β-unsaturated/α-hetero) is 1. The van der Waals surface area contributed by atoms with Crippen molar-refractivity contribution in [2.24, 2.45) is 0 Å². The molecule has 5 nitrogen and oxygen atoms in total. The van der Waals surface area contributed by atoms with Crippen molar-refractivity contribution >= 4 is 11.7 Å². The van der Waals surface area contributed by atoms with Crippen molar-refractivity contribution in [1.29, 1.82) is 0 Å². The standard InChI is InChI=1S/C20H24N4O/c1-14-5-3-4-6-16(14)15-11-18-17(19(25)12-15)13-21-20(22-18)24-9-7-23(2)8-10-24/h3-6,13,15H,7-12H2,1-2H3/t15-/m0/s1. The van der Waals surface area contributed by atoms with Gasteiger partial charge in [-0.2, -0.15) is 0 Å². The Morgan fingerprint density at radius 2 is 1.84 bits per heavy atom. The molecule has 5 heteroatoms. The number of carbonyl (C=O) groups excluding carboxylic acids is 1. The van der Waals surface area contributed by atoms with Crippen LogP contribution < -0.4 is 4.90 Å². The van der Waals surface area contributed by atoms with Gasteiger partial charge in [0, 0.05) is 38.8 Å². The van der Waals surface area contributed by atoms with Gasteiger partial charge in [0.15, 0.2) is 5.78 Å². The lowest BCUT2D eigenvalue weighted by Gasteiger charge is -2.33. The van der Waals surface area contributed by atoms with Gasteiger partial charge >= 0.3 is 0 Å². The van der Waals surface area contributed by atoms with Gasteiger partial charge in [-0.1, -0.05) is 24.3 Å². The van der Waals surface area contributed by atoms with E-state index in [2.05, 4.69) is 47.0 Å². The average molecular weight is 336 g/mol. The molecule has 0 saturated carbocycles. The van der Waals surface area contributed by atoms with Crippen LogP contribution in [0.3, 0.4) is 0 Å². The Bertz CT molecular complexity index is 796. The summed E-state index contributed by atoms with van der Waals surface area (Å²) in [6, 6.07) is 8.36. The Kier molecular flexibility index (Phi) is 4.25. The molecule has 1 saturated heterocycles. The Labute approximate surface area is 148 Å². The lowest BCUT2D eigenvalue weighted by Crippen LogP contribution is -2.45. The lowest BCUT2D eigenvalue weighted by molar-refractivity contribution is 0.0962. The molecule has 4 rings (SSSR count). The van der Waals surface area contributed by atoms with E-state index in [0.29, 0.717) is 12.0 Å². The number of piperazine rings is 1. The van der Waals surface area contributed by atoms with Gasteiger partial charge in [-0.15, -0.1) is 0 Å². The molecular formula is C20H24N4O. The smallest absolute Gasteiger partial charge is 0.225 e. The molecule has 1 aliphatic carbocycles. The van der Waals surface area contributed by atoms with Gasteiger partial charge in [0.25, 0.3) is 0 Å². The Morgan fingerprint density at radius 1 is 1.08 bits per heavy atom. The Balaban J connectivity index is 1.62. The van der Waals surface area contributed by atoms with E-state index >= 15 is 0 Å². The van der Waals surface area contributed by atoms with Crippen molar-refractivity contribution in [3.8, 4) is 0 Å². The van der Waals surface area contributed by atoms with Crippen molar-refractivity contribution in [3.05, 3.63) is 52.8 Å². The van der Waals surface area contributed by atoms with Crippen LogP contribution in [0.2, 0.25) is 0 Å². The highest BCUT2D eigenvalue weighted by Crippen LogP contribution is 2.33. The number of benzene rings is 1. The quantitative estimate of drug-likeness (QED) is 0.843. The Morgan fingerprint density at radius 3 is 2.60 bits per heavy atom. The largest absolute Gasteiger partial charge is 0.338 e. The fourth-order valence-electron chi connectivity index (χ4n) is 3.86. The zero-order chi connectivity index (χ0) is 17.4. The van der Waals surface area contributed by atoms with Crippen molar-refractivity contribution in [2.45, 2.75) is 25.7 Å². The predicted molar refractivity (Wildman–Crippen MR) is 98.3 cm³/mol. The number of hydrogen-bond donors (Lipinski definition) is 0. The fourth-order valence-corrected chi connectivity index (χ4v) is 3.86. The highest BCUT2D eigenvalue weighted by Gasteiger charge is 2.29. The van der Waals surface area contributed by atoms with E-state index in [1.165, 1.54) is 11.1 Å². The van der Waals surface area contributed by atoms with Gasteiger partial charge in [0.05, 0.1) is 11.3 Å². The van der Waals surface area contributed by atoms with E-state index in [0.717, 1.165) is 44.2 Å². The fraction of sp³-hybridized carbons (Fsp3) is 0.450. The van der Waals surface area contributed by atoms with Gasteiger partial charge in [-0.05, 0) is 37.4 Å². The van der Waals surface area contributed by atoms with Gasteiger partial charge in [-0.25, -0.2) is 9.97 Å². The van der Waals surface area contributed by atoms with Crippen molar-refractivity contribution in [2.75, 3.05) is 38.1 Å². The van der Waals surface area contributed by atoms with Crippen LogP contribution in [0.5, 0.6) is 0 Å². The number of aromatic nitrogens is 2. The van der Waals surface area contributed by atoms with Crippen LogP contribution in [0.25, 0.3) is 0 Å². The number of rotatable bonds is 2. The number of hydrogen-bond acceptors (Lipinski definition) is 5. The summed E-state index contributed by atoms with van der Waals surface area (Å²) in [5.74, 6) is 1.15. The number of carbonyl (C=O) groups is 1. The summed E-state index contributed by atoms with van der Waals surface area (Å²) >= 11 is 0.